The summed E-state index contributed by atoms with van der Waals surface area (Å²) >= 11 is 5.69. The zero-order valence-electron chi connectivity index (χ0n) is 9.95. The van der Waals surface area contributed by atoms with Gasteiger partial charge in [-0.3, -0.25) is 4.90 Å². The summed E-state index contributed by atoms with van der Waals surface area (Å²) in [6, 6.07) is 3.67. The second-order valence-corrected chi connectivity index (χ2v) is 4.56. The van der Waals surface area contributed by atoms with E-state index in [1.807, 2.05) is 6.07 Å². The maximum absolute atomic E-state index is 5.69. The molecule has 0 aromatic carbocycles. The van der Waals surface area contributed by atoms with Crippen LogP contribution in [0.3, 0.4) is 0 Å². The van der Waals surface area contributed by atoms with Crippen LogP contribution in [-0.4, -0.2) is 44.3 Å². The fourth-order valence-electron chi connectivity index (χ4n) is 1.91. The van der Waals surface area contributed by atoms with E-state index >= 15 is 0 Å². The van der Waals surface area contributed by atoms with Crippen LogP contribution in [0.2, 0.25) is 5.22 Å². The molecule has 0 radical (unpaired) electrons. The average Bonchev–Trinajstić information content (AvgIpc) is 2.76. The number of furan rings is 1. The zero-order chi connectivity index (χ0) is 11.9. The van der Waals surface area contributed by atoms with Crippen molar-refractivity contribution < 1.29 is 9.15 Å². The van der Waals surface area contributed by atoms with Crippen molar-refractivity contribution >= 4 is 11.6 Å². The van der Waals surface area contributed by atoms with E-state index in [0.717, 1.165) is 58.1 Å². The molecule has 5 heteroatoms. The van der Waals surface area contributed by atoms with Gasteiger partial charge in [-0.25, -0.2) is 0 Å². The third kappa shape index (κ3) is 4.68. The Bertz CT molecular complexity index is 324. The fraction of sp³-hybridized carbons (Fsp3) is 0.667. The summed E-state index contributed by atoms with van der Waals surface area (Å²) < 4.78 is 10.6. The van der Waals surface area contributed by atoms with E-state index in [9.17, 15) is 0 Å². The van der Waals surface area contributed by atoms with Crippen molar-refractivity contribution in [2.45, 2.75) is 13.0 Å². The van der Waals surface area contributed by atoms with Gasteiger partial charge in [0.05, 0.1) is 19.8 Å². The summed E-state index contributed by atoms with van der Waals surface area (Å²) in [6.07, 6.45) is 1.15. The highest BCUT2D eigenvalue weighted by molar-refractivity contribution is 6.28. The first-order chi connectivity index (χ1) is 8.34. The van der Waals surface area contributed by atoms with Gasteiger partial charge in [-0.15, -0.1) is 0 Å². The molecule has 0 amide bonds. The second-order valence-electron chi connectivity index (χ2n) is 4.19. The molecule has 17 heavy (non-hydrogen) atoms. The van der Waals surface area contributed by atoms with Gasteiger partial charge in [0.15, 0.2) is 5.22 Å². The standard InChI is InChI=1S/C12H19ClN2O2/c13-12-3-2-11(17-12)10-14-4-1-5-15-6-8-16-9-7-15/h2-3,14H,1,4-10H2. The van der Waals surface area contributed by atoms with Crippen molar-refractivity contribution in [3.8, 4) is 0 Å². The summed E-state index contributed by atoms with van der Waals surface area (Å²) in [6.45, 7) is 6.75. The highest BCUT2D eigenvalue weighted by Gasteiger charge is 2.08. The van der Waals surface area contributed by atoms with Crippen LogP contribution in [0.25, 0.3) is 0 Å². The van der Waals surface area contributed by atoms with Gasteiger partial charge in [0, 0.05) is 13.1 Å². The summed E-state index contributed by atoms with van der Waals surface area (Å²) in [4.78, 5) is 2.44. The van der Waals surface area contributed by atoms with Gasteiger partial charge in [0.2, 0.25) is 0 Å². The predicted octanol–water partition coefficient (Wildman–Crippen LogP) is 1.74. The van der Waals surface area contributed by atoms with E-state index < -0.39 is 0 Å². The van der Waals surface area contributed by atoms with E-state index in [1.165, 1.54) is 0 Å². The molecule has 1 saturated heterocycles. The van der Waals surface area contributed by atoms with Crippen molar-refractivity contribution in [1.82, 2.24) is 10.2 Å². The third-order valence-electron chi connectivity index (χ3n) is 2.86. The Balaban J connectivity index is 1.51. The molecule has 2 heterocycles. The number of nitrogens with one attached hydrogen (secondary N) is 1. The van der Waals surface area contributed by atoms with Crippen LogP contribution < -0.4 is 5.32 Å². The molecule has 96 valence electrons. The van der Waals surface area contributed by atoms with E-state index in [1.54, 1.807) is 6.07 Å². The van der Waals surface area contributed by atoms with Crippen LogP contribution in [0.15, 0.2) is 16.5 Å². The lowest BCUT2D eigenvalue weighted by atomic mass is 10.3. The monoisotopic (exact) mass is 258 g/mol. The molecule has 0 spiro atoms. The van der Waals surface area contributed by atoms with Gasteiger partial charge in [-0.1, -0.05) is 0 Å². The van der Waals surface area contributed by atoms with Gasteiger partial charge < -0.3 is 14.5 Å². The molecular weight excluding hydrogens is 240 g/mol. The number of ether oxygens (including phenoxy) is 1. The summed E-state index contributed by atoms with van der Waals surface area (Å²) in [5.74, 6) is 0.890. The molecule has 1 aliphatic heterocycles. The highest BCUT2D eigenvalue weighted by atomic mass is 35.5. The smallest absolute Gasteiger partial charge is 0.193 e. The van der Waals surface area contributed by atoms with E-state index in [4.69, 9.17) is 20.8 Å². The lowest BCUT2D eigenvalue weighted by molar-refractivity contribution is 0.0374. The van der Waals surface area contributed by atoms with Crippen LogP contribution >= 0.6 is 11.6 Å². The zero-order valence-corrected chi connectivity index (χ0v) is 10.7. The van der Waals surface area contributed by atoms with E-state index in [2.05, 4.69) is 10.2 Å². The maximum Gasteiger partial charge on any atom is 0.193 e. The summed E-state index contributed by atoms with van der Waals surface area (Å²) in [5.41, 5.74) is 0. The molecule has 1 aromatic heterocycles. The molecule has 2 rings (SSSR count). The van der Waals surface area contributed by atoms with Crippen molar-refractivity contribution in [2.75, 3.05) is 39.4 Å². The molecule has 0 unspecified atom stereocenters. The van der Waals surface area contributed by atoms with E-state index in [0.29, 0.717) is 5.22 Å². The van der Waals surface area contributed by atoms with Gasteiger partial charge in [-0.05, 0) is 43.2 Å². The van der Waals surface area contributed by atoms with Gasteiger partial charge in [-0.2, -0.15) is 0 Å². The van der Waals surface area contributed by atoms with Crippen LogP contribution in [0, 0.1) is 0 Å². The first-order valence-corrected chi connectivity index (χ1v) is 6.47. The van der Waals surface area contributed by atoms with Crippen molar-refractivity contribution in [3.05, 3.63) is 23.1 Å². The Morgan fingerprint density at radius 3 is 2.82 bits per heavy atom. The molecule has 1 fully saturated rings. The maximum atomic E-state index is 5.69. The van der Waals surface area contributed by atoms with Crippen molar-refractivity contribution in [2.24, 2.45) is 0 Å². The number of nitrogens with zero attached hydrogens (tertiary/aromatic N) is 1. The Hall–Kier alpha value is -0.550. The normalized spacial score (nSPS) is 17.5. The topological polar surface area (TPSA) is 37.6 Å². The molecule has 0 aliphatic carbocycles. The Labute approximate surface area is 107 Å². The number of hydrogen-bond acceptors (Lipinski definition) is 4. The average molecular weight is 259 g/mol. The minimum atomic E-state index is 0.454. The molecule has 0 bridgehead atoms. The van der Waals surface area contributed by atoms with Gasteiger partial charge in [0.25, 0.3) is 0 Å². The Morgan fingerprint density at radius 2 is 2.12 bits per heavy atom. The van der Waals surface area contributed by atoms with Crippen LogP contribution in [0.4, 0.5) is 0 Å². The van der Waals surface area contributed by atoms with Crippen molar-refractivity contribution in [1.29, 1.82) is 0 Å². The molecule has 1 aromatic rings. The molecule has 1 aliphatic rings. The molecule has 0 atom stereocenters. The minimum absolute atomic E-state index is 0.454. The first-order valence-electron chi connectivity index (χ1n) is 6.09. The lowest BCUT2D eigenvalue weighted by Crippen LogP contribution is -2.37. The largest absolute Gasteiger partial charge is 0.448 e. The molecular formula is C12H19ClN2O2. The SMILES string of the molecule is Clc1ccc(CNCCCN2CCOCC2)o1. The first kappa shape index (κ1) is 12.9. The molecule has 0 saturated carbocycles. The summed E-state index contributed by atoms with van der Waals surface area (Å²) in [7, 11) is 0. The summed E-state index contributed by atoms with van der Waals surface area (Å²) in [5, 5.41) is 3.80. The van der Waals surface area contributed by atoms with Crippen LogP contribution in [-0.2, 0) is 11.3 Å². The number of halogens is 1. The lowest BCUT2D eigenvalue weighted by Gasteiger charge is -2.26. The molecule has 1 N–H and O–H groups in total. The van der Waals surface area contributed by atoms with Crippen LogP contribution in [0.5, 0.6) is 0 Å². The van der Waals surface area contributed by atoms with Crippen LogP contribution in [0.1, 0.15) is 12.2 Å². The number of morpholine rings is 1. The predicted molar refractivity (Wildman–Crippen MR) is 67.3 cm³/mol. The number of hydrogen-bond donors (Lipinski definition) is 1. The van der Waals surface area contributed by atoms with E-state index in [-0.39, 0.29) is 0 Å². The highest BCUT2D eigenvalue weighted by Crippen LogP contribution is 2.12. The van der Waals surface area contributed by atoms with Gasteiger partial charge in [0.1, 0.15) is 5.76 Å². The minimum Gasteiger partial charge on any atom is -0.448 e. The number of rotatable bonds is 6. The van der Waals surface area contributed by atoms with Crippen molar-refractivity contribution in [3.63, 3.8) is 0 Å². The molecule has 4 nitrogen and oxygen atoms in total. The third-order valence-corrected chi connectivity index (χ3v) is 3.06. The quantitative estimate of drug-likeness (QED) is 0.789. The fourth-order valence-corrected chi connectivity index (χ4v) is 2.07. The van der Waals surface area contributed by atoms with Gasteiger partial charge >= 0.3 is 0 Å². The Morgan fingerprint density at radius 1 is 1.29 bits per heavy atom. The Kier molecular flexibility index (Phi) is 5.32. The second kappa shape index (κ2) is 7.01.